The molecule has 6 nitrogen and oxygen atoms in total. The van der Waals surface area contributed by atoms with Gasteiger partial charge in [-0.25, -0.2) is 4.79 Å². The first-order chi connectivity index (χ1) is 10.8. The molecule has 2 aliphatic rings. The van der Waals surface area contributed by atoms with E-state index in [-0.39, 0.29) is 5.54 Å². The third-order valence-corrected chi connectivity index (χ3v) is 5.38. The van der Waals surface area contributed by atoms with E-state index in [4.69, 9.17) is 16.7 Å². The summed E-state index contributed by atoms with van der Waals surface area (Å²) in [4.78, 5) is 13.3. The lowest BCUT2D eigenvalue weighted by atomic mass is 9.77. The average Bonchev–Trinajstić information content (AvgIpc) is 2.68. The predicted molar refractivity (Wildman–Crippen MR) is 88.8 cm³/mol. The Kier molecular flexibility index (Phi) is 4.36. The van der Waals surface area contributed by atoms with Crippen molar-refractivity contribution in [3.05, 3.63) is 17.4 Å². The monoisotopic (exact) mass is 338 g/mol. The van der Waals surface area contributed by atoms with Crippen LogP contribution in [0.5, 0.6) is 0 Å². The third kappa shape index (κ3) is 3.68. The van der Waals surface area contributed by atoms with Crippen LogP contribution in [-0.4, -0.2) is 40.0 Å². The van der Waals surface area contributed by atoms with E-state index in [0.29, 0.717) is 22.9 Å². The molecule has 1 aromatic rings. The molecular weight excluding hydrogens is 316 g/mol. The molecule has 1 aromatic heterocycles. The normalized spacial score (nSPS) is 27.1. The van der Waals surface area contributed by atoms with E-state index in [2.05, 4.69) is 20.4 Å². The van der Waals surface area contributed by atoms with Crippen LogP contribution in [0.1, 0.15) is 33.1 Å². The van der Waals surface area contributed by atoms with Gasteiger partial charge in [-0.05, 0) is 50.9 Å². The number of nitrogens with one attached hydrogen (secondary N) is 1. The number of hydrogen-bond acceptors (Lipinski definition) is 4. The van der Waals surface area contributed by atoms with Crippen molar-refractivity contribution in [1.29, 1.82) is 0 Å². The smallest absolute Gasteiger partial charge is 0.405 e. The van der Waals surface area contributed by atoms with Crippen molar-refractivity contribution >= 4 is 23.4 Å². The Labute approximate surface area is 141 Å². The number of anilines is 1. The number of rotatable bonds is 4. The van der Waals surface area contributed by atoms with Crippen molar-refractivity contribution in [3.8, 4) is 0 Å². The van der Waals surface area contributed by atoms with Crippen LogP contribution in [0.3, 0.4) is 0 Å². The molecular formula is C16H23ClN4O2. The van der Waals surface area contributed by atoms with E-state index < -0.39 is 6.09 Å². The zero-order valence-corrected chi connectivity index (χ0v) is 14.3. The van der Waals surface area contributed by atoms with Gasteiger partial charge in [0.1, 0.15) is 0 Å². The first-order valence-corrected chi connectivity index (χ1v) is 8.46. The van der Waals surface area contributed by atoms with Crippen LogP contribution in [0.2, 0.25) is 5.15 Å². The highest BCUT2D eigenvalue weighted by Crippen LogP contribution is 2.46. The summed E-state index contributed by atoms with van der Waals surface area (Å²) in [5.74, 6) is 1.75. The highest BCUT2D eigenvalue weighted by Gasteiger charge is 2.44. The van der Waals surface area contributed by atoms with Crippen LogP contribution in [0.25, 0.3) is 0 Å². The van der Waals surface area contributed by atoms with E-state index in [1.54, 1.807) is 6.20 Å². The molecule has 126 valence electrons. The van der Waals surface area contributed by atoms with E-state index in [0.717, 1.165) is 25.2 Å². The lowest BCUT2D eigenvalue weighted by Gasteiger charge is -2.42. The van der Waals surface area contributed by atoms with E-state index >= 15 is 0 Å². The van der Waals surface area contributed by atoms with Crippen LogP contribution in [0.4, 0.5) is 10.5 Å². The van der Waals surface area contributed by atoms with Gasteiger partial charge in [0.15, 0.2) is 5.15 Å². The van der Waals surface area contributed by atoms with Gasteiger partial charge in [-0.2, -0.15) is 5.10 Å². The fourth-order valence-electron chi connectivity index (χ4n) is 4.31. The first-order valence-electron chi connectivity index (χ1n) is 8.08. The van der Waals surface area contributed by atoms with E-state index in [1.807, 2.05) is 19.9 Å². The maximum atomic E-state index is 11.0. The summed E-state index contributed by atoms with van der Waals surface area (Å²) < 4.78 is 0. The molecule has 3 atom stereocenters. The third-order valence-electron chi connectivity index (χ3n) is 5.20. The van der Waals surface area contributed by atoms with Gasteiger partial charge in [0.25, 0.3) is 0 Å². The molecule has 1 saturated heterocycles. The molecule has 3 rings (SSSR count). The summed E-state index contributed by atoms with van der Waals surface area (Å²) in [5.41, 5.74) is 0.643. The second-order valence-corrected chi connectivity index (χ2v) is 7.81. The molecule has 0 radical (unpaired) electrons. The number of amides is 1. The Morgan fingerprint density at radius 3 is 2.65 bits per heavy atom. The van der Waals surface area contributed by atoms with Gasteiger partial charge in [-0.15, -0.1) is 5.10 Å². The minimum Gasteiger partial charge on any atom is -0.465 e. The zero-order chi connectivity index (χ0) is 16.6. The van der Waals surface area contributed by atoms with E-state index in [1.165, 1.54) is 12.8 Å². The molecule has 2 heterocycles. The van der Waals surface area contributed by atoms with Crippen molar-refractivity contribution in [1.82, 2.24) is 15.5 Å². The van der Waals surface area contributed by atoms with Crippen LogP contribution in [0, 0.1) is 17.8 Å². The number of piperidine rings is 1. The Balaban J connectivity index is 1.69. The lowest BCUT2D eigenvalue weighted by molar-refractivity contribution is 0.160. The number of halogens is 1. The van der Waals surface area contributed by atoms with Crippen molar-refractivity contribution in [3.63, 3.8) is 0 Å². The summed E-state index contributed by atoms with van der Waals surface area (Å²) in [7, 11) is 0. The summed E-state index contributed by atoms with van der Waals surface area (Å²) in [6.07, 6.45) is 4.12. The van der Waals surface area contributed by atoms with Gasteiger partial charge in [0, 0.05) is 24.7 Å². The van der Waals surface area contributed by atoms with Crippen molar-refractivity contribution in [2.75, 3.05) is 18.0 Å². The summed E-state index contributed by atoms with van der Waals surface area (Å²) in [5, 5.41) is 19.8. The van der Waals surface area contributed by atoms with Crippen molar-refractivity contribution < 1.29 is 9.90 Å². The summed E-state index contributed by atoms with van der Waals surface area (Å²) in [6, 6.07) is 1.87. The predicted octanol–water partition coefficient (Wildman–Crippen LogP) is 3.03. The summed E-state index contributed by atoms with van der Waals surface area (Å²) >= 11 is 5.95. The molecule has 1 aliphatic carbocycles. The first kappa shape index (κ1) is 16.3. The van der Waals surface area contributed by atoms with Gasteiger partial charge < -0.3 is 15.3 Å². The van der Waals surface area contributed by atoms with Crippen LogP contribution >= 0.6 is 11.6 Å². The zero-order valence-electron chi connectivity index (χ0n) is 13.5. The molecule has 23 heavy (non-hydrogen) atoms. The van der Waals surface area contributed by atoms with Crippen LogP contribution < -0.4 is 10.2 Å². The number of hydrogen-bond donors (Lipinski definition) is 2. The number of carboxylic acid groups (broad SMARTS) is 1. The SMILES string of the molecule is CC(C)(C[C@H]1[C@@H]2CC[C@H]1CN(c1cnnc(Cl)c1)C2)NC(=O)O. The molecule has 1 amide bonds. The average molecular weight is 339 g/mol. The second kappa shape index (κ2) is 6.15. The Hall–Kier alpha value is -1.56. The minimum atomic E-state index is -0.947. The quantitative estimate of drug-likeness (QED) is 0.882. The number of nitrogens with zero attached hydrogens (tertiary/aromatic N) is 3. The summed E-state index contributed by atoms with van der Waals surface area (Å²) in [6.45, 7) is 5.90. The lowest BCUT2D eigenvalue weighted by Crippen LogP contribution is -2.49. The van der Waals surface area contributed by atoms with Gasteiger partial charge in [0.05, 0.1) is 11.9 Å². The molecule has 7 heteroatoms. The number of fused-ring (bicyclic) bond motifs is 2. The number of carbonyl (C=O) groups is 1. The molecule has 1 saturated carbocycles. The molecule has 0 unspecified atom stereocenters. The second-order valence-electron chi connectivity index (χ2n) is 7.42. The topological polar surface area (TPSA) is 78.4 Å². The maximum absolute atomic E-state index is 11.0. The van der Waals surface area contributed by atoms with Crippen LogP contribution in [0.15, 0.2) is 12.3 Å². The highest BCUT2D eigenvalue weighted by molar-refractivity contribution is 6.29. The van der Waals surface area contributed by atoms with E-state index in [9.17, 15) is 4.79 Å². The van der Waals surface area contributed by atoms with Gasteiger partial charge >= 0.3 is 6.09 Å². The van der Waals surface area contributed by atoms with Gasteiger partial charge in [-0.3, -0.25) is 0 Å². The standard InChI is InChI=1S/C16H23ClN4O2/c1-16(2,19-15(22)23)6-13-10-3-4-11(13)9-21(8-10)12-5-14(17)20-18-7-12/h5,7,10-11,13,19H,3-4,6,8-9H2,1-2H3,(H,22,23)/t10-,11+,13+. The molecule has 0 spiro atoms. The molecule has 2 bridgehead atoms. The Morgan fingerprint density at radius 1 is 1.43 bits per heavy atom. The number of aromatic nitrogens is 2. The van der Waals surface area contributed by atoms with Gasteiger partial charge in [0.2, 0.25) is 0 Å². The maximum Gasteiger partial charge on any atom is 0.405 e. The Bertz CT molecular complexity index is 581. The largest absolute Gasteiger partial charge is 0.465 e. The Morgan fingerprint density at radius 2 is 2.09 bits per heavy atom. The fourth-order valence-corrected chi connectivity index (χ4v) is 4.47. The van der Waals surface area contributed by atoms with Crippen LogP contribution in [-0.2, 0) is 0 Å². The molecule has 1 aliphatic heterocycles. The highest BCUT2D eigenvalue weighted by atomic mass is 35.5. The van der Waals surface area contributed by atoms with Gasteiger partial charge in [-0.1, -0.05) is 11.6 Å². The minimum absolute atomic E-state index is 0.388. The molecule has 2 fully saturated rings. The fraction of sp³-hybridized carbons (Fsp3) is 0.688. The van der Waals surface area contributed by atoms with Crippen molar-refractivity contribution in [2.45, 2.75) is 38.6 Å². The molecule has 2 N–H and O–H groups in total. The molecule has 0 aromatic carbocycles. The van der Waals surface area contributed by atoms with Crippen molar-refractivity contribution in [2.24, 2.45) is 17.8 Å².